The molecule has 198 valence electrons. The van der Waals surface area contributed by atoms with Crippen molar-refractivity contribution < 1.29 is 0 Å². The van der Waals surface area contributed by atoms with Gasteiger partial charge in [-0.15, -0.1) is 0 Å². The van der Waals surface area contributed by atoms with Crippen LogP contribution < -0.4 is 9.80 Å². The molecule has 0 unspecified atom stereocenters. The Hall–Kier alpha value is -3.52. The lowest BCUT2D eigenvalue weighted by molar-refractivity contribution is 0.608. The van der Waals surface area contributed by atoms with Crippen LogP contribution in [0.4, 0.5) is 11.4 Å². The van der Waals surface area contributed by atoms with E-state index in [-0.39, 0.29) is 0 Å². The molecule has 0 heterocycles. The molecule has 38 heavy (non-hydrogen) atoms. The predicted octanol–water partition coefficient (Wildman–Crippen LogP) is 9.93. The Morgan fingerprint density at radius 2 is 0.447 bits per heavy atom. The summed E-state index contributed by atoms with van der Waals surface area (Å²) >= 11 is 0. The lowest BCUT2D eigenvalue weighted by atomic mass is 9.97. The lowest BCUT2D eigenvalue weighted by Crippen LogP contribution is -2.36. The van der Waals surface area contributed by atoms with Crippen LogP contribution in [-0.4, -0.2) is 24.2 Å². The highest BCUT2D eigenvalue weighted by Gasteiger charge is 2.15. The van der Waals surface area contributed by atoms with E-state index in [1.54, 1.807) is 0 Å². The Bertz CT molecular complexity index is 1160. The Balaban J connectivity index is 1.47. The number of hydrogen-bond acceptors (Lipinski definition) is 2. The molecule has 0 spiro atoms. The van der Waals surface area contributed by atoms with Crippen molar-refractivity contribution in [2.24, 2.45) is 0 Å². The van der Waals surface area contributed by atoms with Crippen LogP contribution in [0.15, 0.2) is 97.1 Å². The van der Waals surface area contributed by atoms with E-state index in [0.29, 0.717) is 24.2 Å². The van der Waals surface area contributed by atoms with E-state index in [0.717, 1.165) is 0 Å². The molecule has 0 aliphatic rings. The maximum Gasteiger partial charge on any atom is 0.0371 e. The smallest absolute Gasteiger partial charge is 0.0371 e. The lowest BCUT2D eigenvalue weighted by Gasteiger charge is -2.33. The van der Waals surface area contributed by atoms with Crippen molar-refractivity contribution in [2.75, 3.05) is 9.80 Å². The van der Waals surface area contributed by atoms with Gasteiger partial charge in [0.1, 0.15) is 0 Å². The van der Waals surface area contributed by atoms with Gasteiger partial charge in [0.2, 0.25) is 0 Å². The molecule has 0 saturated carbocycles. The monoisotopic (exact) mass is 504 g/mol. The molecule has 0 aliphatic carbocycles. The Morgan fingerprint density at radius 3 is 0.605 bits per heavy atom. The molecule has 0 saturated heterocycles. The molecule has 2 heteroatoms. The zero-order valence-corrected chi connectivity index (χ0v) is 24.4. The van der Waals surface area contributed by atoms with E-state index in [9.17, 15) is 0 Å². The average molecular weight is 505 g/mol. The third-order valence-corrected chi connectivity index (χ3v) is 7.33. The van der Waals surface area contributed by atoms with Gasteiger partial charge in [0, 0.05) is 35.5 Å². The SMILES string of the molecule is CC(C)N(c1ccc(-c2ccc(-c3ccc(-c4ccc(N(C(C)C)C(C)C)cc4)cc3)cc2)cc1)C(C)C. The summed E-state index contributed by atoms with van der Waals surface area (Å²) < 4.78 is 0. The Labute approximate surface area is 231 Å². The first kappa shape index (κ1) is 27.5. The molecule has 0 aromatic heterocycles. The van der Waals surface area contributed by atoms with Gasteiger partial charge < -0.3 is 9.80 Å². The van der Waals surface area contributed by atoms with Crippen LogP contribution in [-0.2, 0) is 0 Å². The first-order chi connectivity index (χ1) is 18.2. The fourth-order valence-corrected chi connectivity index (χ4v) is 5.75. The van der Waals surface area contributed by atoms with Crippen molar-refractivity contribution in [3.63, 3.8) is 0 Å². The molecule has 0 N–H and O–H groups in total. The molecule has 4 rings (SSSR count). The number of nitrogens with zero attached hydrogens (tertiary/aromatic N) is 2. The number of anilines is 2. The first-order valence-electron chi connectivity index (χ1n) is 14.1. The minimum Gasteiger partial charge on any atom is -0.367 e. The van der Waals surface area contributed by atoms with Crippen LogP contribution in [0.5, 0.6) is 0 Å². The topological polar surface area (TPSA) is 6.48 Å². The normalized spacial score (nSPS) is 11.6. The summed E-state index contributed by atoms with van der Waals surface area (Å²) in [6.45, 7) is 18.0. The van der Waals surface area contributed by atoms with Crippen LogP contribution in [0.25, 0.3) is 33.4 Å². The van der Waals surface area contributed by atoms with Crippen LogP contribution in [0, 0.1) is 0 Å². The highest BCUT2D eigenvalue weighted by Crippen LogP contribution is 2.30. The number of benzene rings is 4. The number of hydrogen-bond donors (Lipinski definition) is 0. The summed E-state index contributed by atoms with van der Waals surface area (Å²) in [5, 5.41) is 0. The van der Waals surface area contributed by atoms with Gasteiger partial charge in [0.05, 0.1) is 0 Å². The van der Waals surface area contributed by atoms with E-state index in [1.165, 1.54) is 44.8 Å². The fourth-order valence-electron chi connectivity index (χ4n) is 5.75. The molecule has 0 amide bonds. The standard InChI is InChI=1S/C36H44N2/c1-25(2)37(26(3)4)35-21-17-33(18-22-35)31-13-9-29(10-14-31)30-11-15-32(16-12-30)34-19-23-36(24-20-34)38(27(5)6)28(7)8/h9-28H,1-8H3. The van der Waals surface area contributed by atoms with Crippen molar-refractivity contribution in [1.82, 2.24) is 0 Å². The average Bonchev–Trinajstić information content (AvgIpc) is 2.89. The zero-order valence-electron chi connectivity index (χ0n) is 24.4. The van der Waals surface area contributed by atoms with E-state index in [4.69, 9.17) is 0 Å². The molecule has 0 fully saturated rings. The van der Waals surface area contributed by atoms with Gasteiger partial charge in [0.25, 0.3) is 0 Å². The van der Waals surface area contributed by atoms with Crippen molar-refractivity contribution in [3.8, 4) is 33.4 Å². The summed E-state index contributed by atoms with van der Waals surface area (Å²) in [6.07, 6.45) is 0. The molecular formula is C36H44N2. The molecule has 2 nitrogen and oxygen atoms in total. The van der Waals surface area contributed by atoms with E-state index in [2.05, 4.69) is 162 Å². The quantitative estimate of drug-likeness (QED) is 0.224. The van der Waals surface area contributed by atoms with E-state index < -0.39 is 0 Å². The van der Waals surface area contributed by atoms with Gasteiger partial charge in [-0.05, 0) is 113 Å². The molecule has 0 radical (unpaired) electrons. The Morgan fingerprint density at radius 1 is 0.289 bits per heavy atom. The van der Waals surface area contributed by atoms with Gasteiger partial charge in [-0.3, -0.25) is 0 Å². The van der Waals surface area contributed by atoms with E-state index >= 15 is 0 Å². The van der Waals surface area contributed by atoms with Gasteiger partial charge in [-0.25, -0.2) is 0 Å². The van der Waals surface area contributed by atoms with Crippen molar-refractivity contribution >= 4 is 11.4 Å². The highest BCUT2D eigenvalue weighted by molar-refractivity contribution is 5.74. The first-order valence-corrected chi connectivity index (χ1v) is 14.1. The molecule has 0 atom stereocenters. The Kier molecular flexibility index (Phi) is 8.62. The summed E-state index contributed by atoms with van der Waals surface area (Å²) in [5.41, 5.74) is 10.0. The third-order valence-electron chi connectivity index (χ3n) is 7.33. The van der Waals surface area contributed by atoms with Crippen LogP contribution in [0.1, 0.15) is 55.4 Å². The van der Waals surface area contributed by atoms with Crippen molar-refractivity contribution in [3.05, 3.63) is 97.1 Å². The predicted molar refractivity (Wildman–Crippen MR) is 168 cm³/mol. The van der Waals surface area contributed by atoms with Gasteiger partial charge in [0.15, 0.2) is 0 Å². The summed E-state index contributed by atoms with van der Waals surface area (Å²) in [7, 11) is 0. The molecule has 0 bridgehead atoms. The zero-order chi connectivity index (χ0) is 27.4. The third kappa shape index (κ3) is 6.13. The largest absolute Gasteiger partial charge is 0.367 e. The summed E-state index contributed by atoms with van der Waals surface area (Å²) in [5.74, 6) is 0. The molecule has 0 aliphatic heterocycles. The summed E-state index contributed by atoms with van der Waals surface area (Å²) in [6, 6.07) is 37.7. The molecule has 4 aromatic rings. The van der Waals surface area contributed by atoms with Gasteiger partial charge in [-0.2, -0.15) is 0 Å². The van der Waals surface area contributed by atoms with Gasteiger partial charge >= 0.3 is 0 Å². The molecule has 4 aromatic carbocycles. The molecular weight excluding hydrogens is 460 g/mol. The van der Waals surface area contributed by atoms with Crippen molar-refractivity contribution in [1.29, 1.82) is 0 Å². The van der Waals surface area contributed by atoms with Crippen molar-refractivity contribution in [2.45, 2.75) is 79.6 Å². The highest BCUT2D eigenvalue weighted by atomic mass is 15.2. The minimum absolute atomic E-state index is 0.478. The van der Waals surface area contributed by atoms with Gasteiger partial charge in [-0.1, -0.05) is 72.8 Å². The number of rotatable bonds is 9. The maximum atomic E-state index is 2.46. The fraction of sp³-hybridized carbons (Fsp3) is 0.333. The maximum absolute atomic E-state index is 2.46. The van der Waals surface area contributed by atoms with Crippen LogP contribution in [0.3, 0.4) is 0 Å². The minimum atomic E-state index is 0.478. The second-order valence-corrected chi connectivity index (χ2v) is 11.4. The second-order valence-electron chi connectivity index (χ2n) is 11.4. The summed E-state index contributed by atoms with van der Waals surface area (Å²) in [4.78, 5) is 4.91. The van der Waals surface area contributed by atoms with Crippen LogP contribution in [0.2, 0.25) is 0 Å². The van der Waals surface area contributed by atoms with E-state index in [1.807, 2.05) is 0 Å². The van der Waals surface area contributed by atoms with Crippen LogP contribution >= 0.6 is 0 Å². The second kappa shape index (κ2) is 11.9.